The van der Waals surface area contributed by atoms with Crippen molar-refractivity contribution in [3.63, 3.8) is 0 Å². The van der Waals surface area contributed by atoms with Crippen LogP contribution in [-0.4, -0.2) is 24.8 Å². The van der Waals surface area contributed by atoms with Crippen LogP contribution in [0.15, 0.2) is 24.3 Å². The van der Waals surface area contributed by atoms with E-state index >= 15 is 0 Å². The molecule has 0 heterocycles. The van der Waals surface area contributed by atoms with Crippen LogP contribution < -0.4 is 0 Å². The van der Waals surface area contributed by atoms with Gasteiger partial charge in [-0.05, 0) is 71.9 Å². The zero-order valence-corrected chi connectivity index (χ0v) is 15.9. The minimum Gasteiger partial charge on any atom is -0.389 e. The van der Waals surface area contributed by atoms with Crippen LogP contribution in [0.3, 0.4) is 0 Å². The van der Waals surface area contributed by atoms with Crippen molar-refractivity contribution < 1.29 is 13.6 Å². The molecular weight excluding hydrogens is 292 g/mol. The molecule has 0 aromatic heterocycles. The molecule has 0 amide bonds. The third-order valence-electron chi connectivity index (χ3n) is 3.75. The molecule has 1 N–H and O–H groups in total. The maximum Gasteiger partial charge on any atom is 0.502 e. The van der Waals surface area contributed by atoms with Gasteiger partial charge >= 0.3 is 8.80 Å². The molecule has 0 aliphatic heterocycles. The zero-order chi connectivity index (χ0) is 16.8. The van der Waals surface area contributed by atoms with E-state index in [9.17, 15) is 4.80 Å². The molecule has 2 rings (SSSR count). The number of benzene rings is 1. The highest BCUT2D eigenvalue weighted by Gasteiger charge is 2.62. The van der Waals surface area contributed by atoms with E-state index < -0.39 is 20.0 Å². The molecule has 0 unspecified atom stereocenters. The predicted molar refractivity (Wildman–Crippen MR) is 91.9 cm³/mol. The van der Waals surface area contributed by atoms with Crippen molar-refractivity contribution in [1.29, 1.82) is 0 Å². The second-order valence-electron chi connectivity index (χ2n) is 8.36. The number of aryl methyl sites for hydroxylation is 1. The van der Waals surface area contributed by atoms with Crippen molar-refractivity contribution in [2.45, 2.75) is 77.5 Å². The first kappa shape index (κ1) is 17.7. The molecule has 3 nitrogen and oxygen atoms in total. The summed E-state index contributed by atoms with van der Waals surface area (Å²) in [5.74, 6) is 0.350. The Morgan fingerprint density at radius 3 is 1.95 bits per heavy atom. The molecule has 1 aromatic rings. The summed E-state index contributed by atoms with van der Waals surface area (Å²) in [4.78, 5) is 11.2. The van der Waals surface area contributed by atoms with Crippen molar-refractivity contribution in [3.8, 4) is 0 Å². The second-order valence-corrected chi connectivity index (χ2v) is 10.8. The lowest BCUT2D eigenvalue weighted by molar-refractivity contribution is -0.0285. The summed E-state index contributed by atoms with van der Waals surface area (Å²) in [7, 11) is -3.26. The van der Waals surface area contributed by atoms with E-state index in [-0.39, 0.29) is 5.54 Å². The molecule has 1 fully saturated rings. The lowest BCUT2D eigenvalue weighted by atomic mass is 10.1. The van der Waals surface area contributed by atoms with Crippen molar-refractivity contribution in [1.82, 2.24) is 0 Å². The van der Waals surface area contributed by atoms with Crippen LogP contribution in [0.1, 0.15) is 65.0 Å². The van der Waals surface area contributed by atoms with E-state index in [2.05, 4.69) is 31.2 Å². The van der Waals surface area contributed by atoms with Gasteiger partial charge in [0.2, 0.25) is 0 Å². The highest BCUT2D eigenvalue weighted by molar-refractivity contribution is 6.62. The van der Waals surface area contributed by atoms with E-state index in [1.165, 1.54) is 11.1 Å². The minimum absolute atomic E-state index is 0.104. The Kier molecular flexibility index (Phi) is 4.62. The van der Waals surface area contributed by atoms with E-state index in [1.54, 1.807) is 0 Å². The Hall–Kier alpha value is -0.683. The minimum atomic E-state index is -3.26. The molecule has 2 atom stereocenters. The number of hydrogen-bond acceptors (Lipinski definition) is 3. The van der Waals surface area contributed by atoms with E-state index in [4.69, 9.17) is 8.85 Å². The fourth-order valence-corrected chi connectivity index (χ4v) is 6.33. The average molecular weight is 323 g/mol. The highest BCUT2D eigenvalue weighted by atomic mass is 28.4. The van der Waals surface area contributed by atoms with Crippen LogP contribution in [0.25, 0.3) is 0 Å². The fraction of sp³-hybridized carbons (Fsp3) is 0.667. The summed E-state index contributed by atoms with van der Waals surface area (Å²) in [6, 6.07) is 8.40. The predicted octanol–water partition coefficient (Wildman–Crippen LogP) is 4.41. The summed E-state index contributed by atoms with van der Waals surface area (Å²) < 4.78 is 12.2. The molecule has 1 aliphatic rings. The van der Waals surface area contributed by atoms with Crippen molar-refractivity contribution in [2.75, 3.05) is 0 Å². The van der Waals surface area contributed by atoms with Gasteiger partial charge in [-0.1, -0.05) is 24.3 Å². The molecule has 0 bridgehead atoms. The van der Waals surface area contributed by atoms with Crippen LogP contribution in [0, 0.1) is 6.92 Å². The zero-order valence-electron chi connectivity index (χ0n) is 14.9. The molecular formula is C18H30O3Si. The maximum absolute atomic E-state index is 11.2. The fourth-order valence-electron chi connectivity index (χ4n) is 2.99. The maximum atomic E-state index is 11.2. The Morgan fingerprint density at radius 2 is 1.50 bits per heavy atom. The van der Waals surface area contributed by atoms with Crippen molar-refractivity contribution >= 4 is 8.80 Å². The first-order chi connectivity index (χ1) is 9.91. The second kappa shape index (κ2) is 5.75. The molecule has 0 radical (unpaired) electrons. The lowest BCUT2D eigenvalue weighted by Crippen LogP contribution is -2.52. The van der Waals surface area contributed by atoms with Gasteiger partial charge in [0.15, 0.2) is 0 Å². The quantitative estimate of drug-likeness (QED) is 0.834. The Bertz CT molecular complexity index is 512. The third-order valence-corrected chi connectivity index (χ3v) is 7.14. The molecule has 1 aromatic carbocycles. The normalized spacial score (nSPS) is 22.7. The summed E-state index contributed by atoms with van der Waals surface area (Å²) in [6.45, 7) is 14.0. The Labute approximate surface area is 136 Å². The van der Waals surface area contributed by atoms with Crippen molar-refractivity contribution in [2.24, 2.45) is 0 Å². The van der Waals surface area contributed by atoms with Gasteiger partial charge in [0.1, 0.15) is 0 Å². The Balaban J connectivity index is 2.23. The van der Waals surface area contributed by atoms with Gasteiger partial charge in [0.25, 0.3) is 0 Å². The molecule has 0 spiro atoms. The van der Waals surface area contributed by atoms with Crippen LogP contribution in [0.5, 0.6) is 0 Å². The van der Waals surface area contributed by atoms with Gasteiger partial charge in [-0.2, -0.15) is 0 Å². The standard InChI is InChI=1S/C18H30O3Si/c1-13-10-8-9-11-14(13)15-12-16(15)22(19,20-17(2,3)4)21-18(5,6)7/h8-11,15-16,19H,12H2,1-7H3/t15-,16+/m0/s1. The molecule has 4 heteroatoms. The van der Waals surface area contributed by atoms with Gasteiger partial charge in [-0.3, -0.25) is 0 Å². The van der Waals surface area contributed by atoms with Gasteiger partial charge in [-0.25, -0.2) is 0 Å². The SMILES string of the molecule is Cc1ccccc1[C@@H]1C[C@H]1[Si](O)(OC(C)(C)C)OC(C)(C)C. The van der Waals surface area contributed by atoms with Gasteiger partial charge in [-0.15, -0.1) is 0 Å². The van der Waals surface area contributed by atoms with Crippen LogP contribution >= 0.6 is 0 Å². The van der Waals surface area contributed by atoms with Crippen LogP contribution in [0.4, 0.5) is 0 Å². The first-order valence-corrected chi connectivity index (χ1v) is 9.94. The summed E-state index contributed by atoms with van der Waals surface area (Å²) in [5, 5.41) is 0. The third kappa shape index (κ3) is 4.41. The highest BCUT2D eigenvalue weighted by Crippen LogP contribution is 2.59. The molecule has 0 saturated heterocycles. The molecule has 22 heavy (non-hydrogen) atoms. The summed E-state index contributed by atoms with van der Waals surface area (Å²) >= 11 is 0. The topological polar surface area (TPSA) is 38.7 Å². The number of hydrogen-bond donors (Lipinski definition) is 1. The van der Waals surface area contributed by atoms with Gasteiger partial charge < -0.3 is 13.6 Å². The average Bonchev–Trinajstić information content (AvgIpc) is 3.04. The largest absolute Gasteiger partial charge is 0.502 e. The first-order valence-electron chi connectivity index (χ1n) is 8.09. The molecule has 1 saturated carbocycles. The van der Waals surface area contributed by atoms with Crippen LogP contribution in [-0.2, 0) is 8.85 Å². The molecule has 1 aliphatic carbocycles. The number of rotatable bonds is 4. The van der Waals surface area contributed by atoms with E-state index in [0.29, 0.717) is 5.92 Å². The van der Waals surface area contributed by atoms with Crippen LogP contribution in [0.2, 0.25) is 5.54 Å². The van der Waals surface area contributed by atoms with E-state index in [1.807, 2.05) is 41.5 Å². The Morgan fingerprint density at radius 1 is 1.00 bits per heavy atom. The monoisotopic (exact) mass is 322 g/mol. The van der Waals surface area contributed by atoms with Gasteiger partial charge in [0, 0.05) is 5.54 Å². The molecule has 124 valence electrons. The summed E-state index contributed by atoms with van der Waals surface area (Å²) in [6.07, 6.45) is 0.944. The lowest BCUT2D eigenvalue weighted by Gasteiger charge is -2.37. The smallest absolute Gasteiger partial charge is 0.389 e. The van der Waals surface area contributed by atoms with Crippen molar-refractivity contribution in [3.05, 3.63) is 35.4 Å². The van der Waals surface area contributed by atoms with Gasteiger partial charge in [0.05, 0.1) is 11.2 Å². The van der Waals surface area contributed by atoms with E-state index in [0.717, 1.165) is 6.42 Å². The summed E-state index contributed by atoms with van der Waals surface area (Å²) in [5.41, 5.74) is 1.87.